The highest BCUT2D eigenvalue weighted by Gasteiger charge is 2.11. The Balaban J connectivity index is 1.97. The molecule has 0 spiro atoms. The van der Waals surface area contributed by atoms with E-state index in [2.05, 4.69) is 21.1 Å². The predicted octanol–water partition coefficient (Wildman–Crippen LogP) is 3.91. The Kier molecular flexibility index (Phi) is 2.65. The Bertz CT molecular complexity index is 975. The lowest BCUT2D eigenvalue weighted by Gasteiger charge is -2.04. The summed E-state index contributed by atoms with van der Waals surface area (Å²) >= 11 is 6.09. The van der Waals surface area contributed by atoms with Gasteiger partial charge >= 0.3 is 0 Å². The van der Waals surface area contributed by atoms with Crippen LogP contribution in [0.15, 0.2) is 48.7 Å². The highest BCUT2D eigenvalue weighted by atomic mass is 35.5. The van der Waals surface area contributed by atoms with Crippen molar-refractivity contribution in [2.45, 2.75) is 6.92 Å². The molecule has 21 heavy (non-hydrogen) atoms. The summed E-state index contributed by atoms with van der Waals surface area (Å²) in [6.45, 7) is 1.87. The van der Waals surface area contributed by atoms with Gasteiger partial charge in [-0.2, -0.15) is 5.10 Å². The van der Waals surface area contributed by atoms with Gasteiger partial charge in [-0.1, -0.05) is 35.9 Å². The quantitative estimate of drug-likeness (QED) is 0.534. The lowest BCUT2D eigenvalue weighted by molar-refractivity contribution is 0.904. The SMILES string of the molecule is Cc1nn2c(-c3ccc4ccccc4n3)cnc2cc1Cl. The number of fused-ring (bicyclic) bond motifs is 2. The minimum absolute atomic E-state index is 0.617. The van der Waals surface area contributed by atoms with Crippen LogP contribution in [0.3, 0.4) is 0 Å². The van der Waals surface area contributed by atoms with E-state index in [9.17, 15) is 0 Å². The first kappa shape index (κ1) is 12.3. The number of imidazole rings is 1. The number of benzene rings is 1. The number of aromatic nitrogens is 4. The van der Waals surface area contributed by atoms with Gasteiger partial charge in [-0.3, -0.25) is 0 Å². The number of pyridine rings is 1. The van der Waals surface area contributed by atoms with Gasteiger partial charge in [0.05, 0.1) is 28.1 Å². The zero-order valence-electron chi connectivity index (χ0n) is 11.3. The van der Waals surface area contributed by atoms with Crippen LogP contribution in [-0.2, 0) is 0 Å². The van der Waals surface area contributed by atoms with E-state index < -0.39 is 0 Å². The first-order valence-corrected chi connectivity index (χ1v) is 6.97. The standard InChI is InChI=1S/C16H11ClN4/c1-10-12(17)8-16-18-9-15(21(16)20-10)14-7-6-11-4-2-3-5-13(11)19-14/h2-9H,1H3. The number of rotatable bonds is 1. The molecular weight excluding hydrogens is 284 g/mol. The largest absolute Gasteiger partial charge is 0.246 e. The second kappa shape index (κ2) is 4.53. The van der Waals surface area contributed by atoms with Gasteiger partial charge in [0.15, 0.2) is 5.65 Å². The summed E-state index contributed by atoms with van der Waals surface area (Å²) in [4.78, 5) is 9.04. The first-order valence-electron chi connectivity index (χ1n) is 6.59. The molecule has 4 nitrogen and oxygen atoms in total. The van der Waals surface area contributed by atoms with Crippen molar-refractivity contribution in [1.29, 1.82) is 0 Å². The van der Waals surface area contributed by atoms with E-state index in [4.69, 9.17) is 11.6 Å². The van der Waals surface area contributed by atoms with Crippen LogP contribution in [0.1, 0.15) is 5.69 Å². The van der Waals surface area contributed by atoms with Gasteiger partial charge in [0.25, 0.3) is 0 Å². The molecule has 0 N–H and O–H groups in total. The van der Waals surface area contributed by atoms with Crippen LogP contribution in [0.25, 0.3) is 27.9 Å². The molecule has 0 bridgehead atoms. The molecule has 0 unspecified atom stereocenters. The molecule has 102 valence electrons. The van der Waals surface area contributed by atoms with Gasteiger partial charge in [-0.15, -0.1) is 0 Å². The number of halogens is 1. The first-order chi connectivity index (χ1) is 10.2. The normalized spacial score (nSPS) is 11.3. The summed E-state index contributed by atoms with van der Waals surface area (Å²) < 4.78 is 1.78. The molecule has 1 aromatic carbocycles. The maximum atomic E-state index is 6.09. The third-order valence-corrected chi connectivity index (χ3v) is 3.86. The molecule has 0 saturated heterocycles. The Labute approximate surface area is 126 Å². The fourth-order valence-corrected chi connectivity index (χ4v) is 2.50. The Hall–Kier alpha value is -2.46. The van der Waals surface area contributed by atoms with Gasteiger partial charge < -0.3 is 0 Å². The molecule has 3 aromatic heterocycles. The van der Waals surface area contributed by atoms with E-state index in [-0.39, 0.29) is 0 Å². The minimum atomic E-state index is 0.617. The predicted molar refractivity (Wildman–Crippen MR) is 83.5 cm³/mol. The van der Waals surface area contributed by atoms with E-state index in [1.807, 2.05) is 43.3 Å². The molecule has 5 heteroatoms. The molecule has 0 fully saturated rings. The maximum Gasteiger partial charge on any atom is 0.155 e. The van der Waals surface area contributed by atoms with Crippen molar-refractivity contribution in [1.82, 2.24) is 19.6 Å². The number of nitrogens with zero attached hydrogens (tertiary/aromatic N) is 4. The summed E-state index contributed by atoms with van der Waals surface area (Å²) in [6.07, 6.45) is 1.77. The van der Waals surface area contributed by atoms with E-state index in [1.54, 1.807) is 10.7 Å². The van der Waals surface area contributed by atoms with Crippen LogP contribution in [0.2, 0.25) is 5.02 Å². The topological polar surface area (TPSA) is 43.1 Å². The second-order valence-electron chi connectivity index (χ2n) is 4.88. The van der Waals surface area contributed by atoms with Crippen LogP contribution in [0.5, 0.6) is 0 Å². The van der Waals surface area contributed by atoms with E-state index >= 15 is 0 Å². The smallest absolute Gasteiger partial charge is 0.155 e. The molecule has 0 aliphatic rings. The van der Waals surface area contributed by atoms with Crippen molar-refractivity contribution in [2.75, 3.05) is 0 Å². The van der Waals surface area contributed by atoms with E-state index in [0.29, 0.717) is 5.02 Å². The minimum Gasteiger partial charge on any atom is -0.246 e. The summed E-state index contributed by atoms with van der Waals surface area (Å²) in [7, 11) is 0. The molecule has 0 amide bonds. The molecule has 4 aromatic rings. The fourth-order valence-electron chi connectivity index (χ4n) is 2.36. The molecule has 3 heterocycles. The summed E-state index contributed by atoms with van der Waals surface area (Å²) in [5, 5.41) is 6.20. The molecule has 4 rings (SSSR count). The van der Waals surface area contributed by atoms with Gasteiger partial charge in [0, 0.05) is 11.5 Å². The van der Waals surface area contributed by atoms with Gasteiger partial charge in [0.2, 0.25) is 0 Å². The molecule has 0 aliphatic carbocycles. The summed E-state index contributed by atoms with van der Waals surface area (Å²) in [5.41, 5.74) is 4.14. The number of hydrogen-bond acceptors (Lipinski definition) is 3. The highest BCUT2D eigenvalue weighted by molar-refractivity contribution is 6.31. The molecule has 0 aliphatic heterocycles. The fraction of sp³-hybridized carbons (Fsp3) is 0.0625. The average molecular weight is 295 g/mol. The van der Waals surface area contributed by atoms with Crippen LogP contribution in [0.4, 0.5) is 0 Å². The maximum absolute atomic E-state index is 6.09. The summed E-state index contributed by atoms with van der Waals surface area (Å²) in [5.74, 6) is 0. The average Bonchev–Trinajstić information content (AvgIpc) is 2.90. The third-order valence-electron chi connectivity index (χ3n) is 3.48. The molecule has 0 atom stereocenters. The number of aryl methyl sites for hydroxylation is 1. The van der Waals surface area contributed by atoms with Crippen LogP contribution < -0.4 is 0 Å². The Morgan fingerprint density at radius 3 is 2.86 bits per heavy atom. The Morgan fingerprint density at radius 2 is 1.95 bits per heavy atom. The zero-order valence-corrected chi connectivity index (χ0v) is 12.0. The number of hydrogen-bond donors (Lipinski definition) is 0. The van der Waals surface area contributed by atoms with Crippen molar-refractivity contribution in [3.05, 3.63) is 59.4 Å². The van der Waals surface area contributed by atoms with Crippen molar-refractivity contribution in [3.63, 3.8) is 0 Å². The van der Waals surface area contributed by atoms with Gasteiger partial charge in [-0.05, 0) is 19.1 Å². The highest BCUT2D eigenvalue weighted by Crippen LogP contribution is 2.23. The molecule has 0 radical (unpaired) electrons. The van der Waals surface area contributed by atoms with Crippen LogP contribution >= 0.6 is 11.6 Å². The summed E-state index contributed by atoms with van der Waals surface area (Å²) in [6, 6.07) is 13.9. The lowest BCUT2D eigenvalue weighted by atomic mass is 10.2. The van der Waals surface area contributed by atoms with Crippen LogP contribution in [-0.4, -0.2) is 19.6 Å². The van der Waals surface area contributed by atoms with Crippen molar-refractivity contribution in [3.8, 4) is 11.4 Å². The van der Waals surface area contributed by atoms with Crippen molar-refractivity contribution < 1.29 is 0 Å². The lowest BCUT2D eigenvalue weighted by Crippen LogP contribution is -1.98. The van der Waals surface area contributed by atoms with Crippen molar-refractivity contribution >= 4 is 28.2 Å². The Morgan fingerprint density at radius 1 is 1.10 bits per heavy atom. The van der Waals surface area contributed by atoms with E-state index in [0.717, 1.165) is 33.6 Å². The van der Waals surface area contributed by atoms with E-state index in [1.165, 1.54) is 0 Å². The number of para-hydroxylation sites is 1. The van der Waals surface area contributed by atoms with Crippen LogP contribution in [0, 0.1) is 6.92 Å². The van der Waals surface area contributed by atoms with Gasteiger partial charge in [0.1, 0.15) is 5.69 Å². The molecular formula is C16H11ClN4. The zero-order chi connectivity index (χ0) is 14.4. The monoisotopic (exact) mass is 294 g/mol. The van der Waals surface area contributed by atoms with Crippen molar-refractivity contribution in [2.24, 2.45) is 0 Å². The molecule has 0 saturated carbocycles. The van der Waals surface area contributed by atoms with Gasteiger partial charge in [-0.25, -0.2) is 14.5 Å². The second-order valence-corrected chi connectivity index (χ2v) is 5.29. The third kappa shape index (κ3) is 1.96.